The van der Waals surface area contributed by atoms with Crippen molar-refractivity contribution in [2.45, 2.75) is 31.6 Å². The molecule has 1 aliphatic carbocycles. The summed E-state index contributed by atoms with van der Waals surface area (Å²) < 4.78 is 24.2. The van der Waals surface area contributed by atoms with E-state index >= 15 is 0 Å². The summed E-state index contributed by atoms with van der Waals surface area (Å²) in [5.41, 5.74) is 6.13. The predicted molar refractivity (Wildman–Crippen MR) is 77.0 cm³/mol. The predicted octanol–water partition coefficient (Wildman–Crippen LogP) is 2.21. The average molecular weight is 299 g/mol. The van der Waals surface area contributed by atoms with E-state index in [0.29, 0.717) is 11.5 Å². The van der Waals surface area contributed by atoms with Crippen molar-refractivity contribution in [3.05, 3.63) is 4.88 Å². The summed E-state index contributed by atoms with van der Waals surface area (Å²) in [6.45, 7) is 4.44. The van der Waals surface area contributed by atoms with E-state index < -0.39 is 9.84 Å². The maximum Gasteiger partial charge on any atom is 0.183 e. The van der Waals surface area contributed by atoms with Crippen molar-refractivity contribution < 1.29 is 8.42 Å². The molecule has 1 heterocycles. The van der Waals surface area contributed by atoms with E-state index in [1.54, 1.807) is 6.92 Å². The van der Waals surface area contributed by atoms with Crippen LogP contribution in [0.4, 0.5) is 10.7 Å². The van der Waals surface area contributed by atoms with Crippen LogP contribution in [0.5, 0.6) is 0 Å². The lowest BCUT2D eigenvalue weighted by atomic mass is 10.1. The minimum atomic E-state index is -3.42. The second kappa shape index (κ2) is 4.69. The summed E-state index contributed by atoms with van der Waals surface area (Å²) >= 11 is 1.12. The van der Waals surface area contributed by atoms with E-state index in [1.165, 1.54) is 0 Å². The Bertz CT molecular complexity index is 637. The van der Waals surface area contributed by atoms with Gasteiger partial charge in [0.25, 0.3) is 0 Å². The highest BCUT2D eigenvalue weighted by molar-refractivity contribution is 7.91. The number of nitrogens with one attached hydrogen (secondary N) is 1. The van der Waals surface area contributed by atoms with Crippen LogP contribution in [0.2, 0.25) is 0 Å². The van der Waals surface area contributed by atoms with Gasteiger partial charge in [0.2, 0.25) is 0 Å². The van der Waals surface area contributed by atoms with Crippen molar-refractivity contribution in [1.82, 2.24) is 0 Å². The molecule has 5 nitrogen and oxygen atoms in total. The third-order valence-electron chi connectivity index (χ3n) is 3.47. The topological polar surface area (TPSA) is 96.0 Å². The molecule has 0 amide bonds. The molecule has 0 saturated heterocycles. The third-order valence-corrected chi connectivity index (χ3v) is 6.47. The normalized spacial score (nSPS) is 16.9. The maximum absolute atomic E-state index is 12.1. The van der Waals surface area contributed by atoms with Crippen LogP contribution in [0.3, 0.4) is 0 Å². The molecule has 1 saturated carbocycles. The molecule has 2 rings (SSSR count). The van der Waals surface area contributed by atoms with E-state index in [9.17, 15) is 8.42 Å². The number of nitrogens with zero attached hydrogens (tertiary/aromatic N) is 1. The first kappa shape index (κ1) is 14.2. The highest BCUT2D eigenvalue weighted by Gasteiger charge is 2.37. The van der Waals surface area contributed by atoms with Crippen LogP contribution in [0.25, 0.3) is 0 Å². The molecule has 0 bridgehead atoms. The average Bonchev–Trinajstić information content (AvgIpc) is 3.00. The van der Waals surface area contributed by atoms with Gasteiger partial charge in [0, 0.05) is 6.54 Å². The van der Waals surface area contributed by atoms with Gasteiger partial charge < -0.3 is 11.1 Å². The van der Waals surface area contributed by atoms with Gasteiger partial charge in [-0.05, 0) is 18.3 Å². The van der Waals surface area contributed by atoms with Gasteiger partial charge in [-0.15, -0.1) is 11.3 Å². The van der Waals surface area contributed by atoms with Crippen LogP contribution < -0.4 is 11.1 Å². The summed E-state index contributed by atoms with van der Waals surface area (Å²) in [5.74, 6) is -0.0231. The SMILES string of the molecule is CCS(=O)(=O)c1c(NCC2(C)CC2)sc(C#N)c1N. The van der Waals surface area contributed by atoms with E-state index in [-0.39, 0.29) is 26.6 Å². The summed E-state index contributed by atoms with van der Waals surface area (Å²) in [5, 5.41) is 12.7. The van der Waals surface area contributed by atoms with Crippen molar-refractivity contribution in [2.75, 3.05) is 23.3 Å². The quantitative estimate of drug-likeness (QED) is 0.869. The van der Waals surface area contributed by atoms with Gasteiger partial charge in [-0.25, -0.2) is 8.42 Å². The molecule has 1 aliphatic rings. The zero-order valence-electron chi connectivity index (χ0n) is 11.0. The molecule has 0 atom stereocenters. The number of nitrogens with two attached hydrogens (primary N) is 1. The molecule has 0 aliphatic heterocycles. The fourth-order valence-electron chi connectivity index (χ4n) is 1.77. The third kappa shape index (κ3) is 2.69. The molecule has 19 heavy (non-hydrogen) atoms. The van der Waals surface area contributed by atoms with Crippen molar-refractivity contribution in [2.24, 2.45) is 5.41 Å². The van der Waals surface area contributed by atoms with Crippen LogP contribution in [0.15, 0.2) is 4.90 Å². The highest BCUT2D eigenvalue weighted by Crippen LogP contribution is 2.46. The first-order valence-corrected chi connectivity index (χ1v) is 8.59. The number of rotatable bonds is 5. The van der Waals surface area contributed by atoms with Gasteiger partial charge in [-0.3, -0.25) is 0 Å². The maximum atomic E-state index is 12.1. The Morgan fingerprint density at radius 3 is 2.63 bits per heavy atom. The summed E-state index contributed by atoms with van der Waals surface area (Å²) in [6.07, 6.45) is 2.28. The fraction of sp³-hybridized carbons (Fsp3) is 0.583. The number of hydrogen-bond acceptors (Lipinski definition) is 6. The Balaban J connectivity index is 2.39. The number of sulfone groups is 1. The van der Waals surface area contributed by atoms with Gasteiger partial charge in [-0.2, -0.15) is 5.26 Å². The molecule has 104 valence electrons. The number of anilines is 2. The number of nitriles is 1. The van der Waals surface area contributed by atoms with Crippen molar-refractivity contribution in [3.63, 3.8) is 0 Å². The first-order chi connectivity index (χ1) is 8.83. The molecule has 0 unspecified atom stereocenters. The van der Waals surface area contributed by atoms with Gasteiger partial charge >= 0.3 is 0 Å². The Kier molecular flexibility index (Phi) is 3.49. The van der Waals surface area contributed by atoms with Gasteiger partial charge in [0.1, 0.15) is 20.8 Å². The first-order valence-electron chi connectivity index (χ1n) is 6.12. The zero-order valence-corrected chi connectivity index (χ0v) is 12.6. The largest absolute Gasteiger partial charge is 0.396 e. The smallest absolute Gasteiger partial charge is 0.183 e. The lowest BCUT2D eigenvalue weighted by Gasteiger charge is -2.11. The molecule has 7 heteroatoms. The van der Waals surface area contributed by atoms with E-state index in [4.69, 9.17) is 11.0 Å². The Labute approximate surface area is 117 Å². The Hall–Kier alpha value is -1.26. The second-order valence-electron chi connectivity index (χ2n) is 5.18. The molecule has 1 fully saturated rings. The summed E-state index contributed by atoms with van der Waals surface area (Å²) in [4.78, 5) is 0.358. The monoisotopic (exact) mass is 299 g/mol. The molecule has 0 radical (unpaired) electrons. The van der Waals surface area contributed by atoms with E-state index in [2.05, 4.69) is 12.2 Å². The molecule has 1 aromatic heterocycles. The zero-order chi connectivity index (χ0) is 14.3. The van der Waals surface area contributed by atoms with Crippen molar-refractivity contribution >= 4 is 31.9 Å². The molecule has 0 aromatic carbocycles. The van der Waals surface area contributed by atoms with Crippen molar-refractivity contribution in [1.29, 1.82) is 5.26 Å². The molecular formula is C12H17N3O2S2. The molecule has 1 aromatic rings. The molecule has 3 N–H and O–H groups in total. The van der Waals surface area contributed by atoms with Gasteiger partial charge in [-0.1, -0.05) is 13.8 Å². The second-order valence-corrected chi connectivity index (χ2v) is 8.42. The van der Waals surface area contributed by atoms with Crippen molar-refractivity contribution in [3.8, 4) is 6.07 Å². The number of hydrogen-bond donors (Lipinski definition) is 2. The molecular weight excluding hydrogens is 282 g/mol. The van der Waals surface area contributed by atoms with Crippen LogP contribution >= 0.6 is 11.3 Å². The number of nitrogen functional groups attached to an aromatic ring is 1. The van der Waals surface area contributed by atoms with E-state index in [0.717, 1.165) is 24.2 Å². The van der Waals surface area contributed by atoms with Crippen LogP contribution in [0.1, 0.15) is 31.6 Å². The molecule has 0 spiro atoms. The number of thiophene rings is 1. The minimum absolute atomic E-state index is 0.0231. The lowest BCUT2D eigenvalue weighted by Crippen LogP contribution is -2.14. The standard InChI is InChI=1S/C12H17N3O2S2/c1-3-19(16,17)10-9(14)8(6-13)18-11(10)15-7-12(2)4-5-12/h15H,3-5,7,14H2,1-2H3. The van der Waals surface area contributed by atoms with Crippen LogP contribution in [-0.2, 0) is 9.84 Å². The van der Waals surface area contributed by atoms with Gasteiger partial charge in [0.15, 0.2) is 9.84 Å². The van der Waals surface area contributed by atoms with Crippen LogP contribution in [-0.4, -0.2) is 20.7 Å². The van der Waals surface area contributed by atoms with Gasteiger partial charge in [0.05, 0.1) is 11.4 Å². The summed E-state index contributed by atoms with van der Waals surface area (Å²) in [7, 11) is -3.42. The fourth-order valence-corrected chi connectivity index (χ4v) is 4.22. The minimum Gasteiger partial charge on any atom is -0.396 e. The van der Waals surface area contributed by atoms with E-state index in [1.807, 2.05) is 6.07 Å². The summed E-state index contributed by atoms with van der Waals surface area (Å²) in [6, 6.07) is 1.95. The lowest BCUT2D eigenvalue weighted by molar-refractivity contribution is 0.596. The Morgan fingerprint density at radius 2 is 2.16 bits per heavy atom. The van der Waals surface area contributed by atoms with Crippen LogP contribution in [0, 0.1) is 16.7 Å². The highest BCUT2D eigenvalue weighted by atomic mass is 32.2. The Morgan fingerprint density at radius 1 is 1.53 bits per heavy atom.